The molecule has 0 bridgehead atoms. The molecule has 522 valence electrons. The SMILES string of the molecule is CC(C)(C)c1ccc(Oc2cc3c4c(cc(Oc5ccc(C(C)(C)C)cc5)c5c6c(Oc7ccc(C(C)(C)C)cc7)cc7c8c(cc(Oc9ccc(C(C)(C)C)cc9)c(c2c45)c86)C(=O)N(CC(=O)Oc2ccc(CC4CO4)cc2)C7=O)C(=O)N(CC(=O)OCc2cccc(CC4CO4)c2)C3=O)cc1. The van der Waals surface area contributed by atoms with Gasteiger partial charge in [-0.1, -0.05) is 168 Å². The monoisotopic (exact) mass is 1380 g/mol. The number of carbonyl (C=O) groups excluding carboxylic acids is 6. The Morgan fingerprint density at radius 3 is 0.981 bits per heavy atom. The Kier molecular flexibility index (Phi) is 16.8. The molecule has 16 heteroatoms. The lowest BCUT2D eigenvalue weighted by molar-refractivity contribution is -0.145. The van der Waals surface area contributed by atoms with E-state index in [2.05, 4.69) is 83.1 Å². The fourth-order valence-corrected chi connectivity index (χ4v) is 13.9. The van der Waals surface area contributed by atoms with Crippen LogP contribution in [-0.2, 0) is 64.9 Å². The Bertz CT molecular complexity index is 5030. The van der Waals surface area contributed by atoms with Gasteiger partial charge in [0, 0.05) is 55.9 Å². The Labute approximate surface area is 597 Å². The zero-order chi connectivity index (χ0) is 72.3. The van der Waals surface area contributed by atoms with E-state index in [0.717, 1.165) is 48.7 Å². The summed E-state index contributed by atoms with van der Waals surface area (Å²) >= 11 is 0. The number of ether oxygens (including phenoxy) is 8. The second kappa shape index (κ2) is 25.5. The lowest BCUT2D eigenvalue weighted by Crippen LogP contribution is -2.44. The second-order valence-corrected chi connectivity index (χ2v) is 31.5. The van der Waals surface area contributed by atoms with Crippen LogP contribution >= 0.6 is 0 Å². The van der Waals surface area contributed by atoms with Crippen LogP contribution in [0.5, 0.6) is 51.7 Å². The zero-order valence-electron chi connectivity index (χ0n) is 59.9. The van der Waals surface area contributed by atoms with Gasteiger partial charge in [0.1, 0.15) is 71.4 Å². The van der Waals surface area contributed by atoms with Crippen molar-refractivity contribution in [3.8, 4) is 51.7 Å². The molecular formula is C87H80N2O14. The van der Waals surface area contributed by atoms with Crippen LogP contribution in [0, 0.1) is 0 Å². The molecule has 15 rings (SSSR count). The fourth-order valence-electron chi connectivity index (χ4n) is 13.9. The number of rotatable bonds is 19. The third kappa shape index (κ3) is 13.4. The lowest BCUT2D eigenvalue weighted by Gasteiger charge is -2.32. The second-order valence-electron chi connectivity index (χ2n) is 31.5. The normalized spacial score (nSPS) is 15.9. The molecule has 0 aromatic heterocycles. The van der Waals surface area contributed by atoms with Crippen LogP contribution in [-0.4, -0.2) is 83.9 Å². The highest BCUT2D eigenvalue weighted by Crippen LogP contribution is 2.58. The summed E-state index contributed by atoms with van der Waals surface area (Å²) in [6, 6.07) is 51.4. The van der Waals surface area contributed by atoms with Crippen LogP contribution in [0.4, 0.5) is 0 Å². The van der Waals surface area contributed by atoms with Crippen molar-refractivity contribution in [1.29, 1.82) is 0 Å². The number of nitrogens with zero attached hydrogens (tertiary/aromatic N) is 2. The van der Waals surface area contributed by atoms with Gasteiger partial charge in [0.25, 0.3) is 23.6 Å². The predicted molar refractivity (Wildman–Crippen MR) is 394 cm³/mol. The molecule has 11 aromatic carbocycles. The van der Waals surface area contributed by atoms with Crippen molar-refractivity contribution < 1.29 is 66.7 Å². The molecular weight excluding hydrogens is 1300 g/mol. The molecule has 0 spiro atoms. The van der Waals surface area contributed by atoms with Gasteiger partial charge in [-0.05, 0) is 146 Å². The molecule has 2 atom stereocenters. The molecule has 0 saturated carbocycles. The van der Waals surface area contributed by atoms with Crippen molar-refractivity contribution >= 4 is 78.7 Å². The van der Waals surface area contributed by atoms with Gasteiger partial charge in [-0.15, -0.1) is 0 Å². The van der Waals surface area contributed by atoms with E-state index in [0.29, 0.717) is 81.4 Å². The smallest absolute Gasteiger partial charge is 0.331 e. The summed E-state index contributed by atoms with van der Waals surface area (Å²) < 4.78 is 51.7. The zero-order valence-corrected chi connectivity index (χ0v) is 59.9. The number of hydrogen-bond donors (Lipinski definition) is 0. The van der Waals surface area contributed by atoms with Gasteiger partial charge in [0.15, 0.2) is 0 Å². The van der Waals surface area contributed by atoms with Crippen molar-refractivity contribution in [2.24, 2.45) is 0 Å². The van der Waals surface area contributed by atoms with E-state index in [-0.39, 0.29) is 102 Å². The maximum atomic E-state index is 15.9. The summed E-state index contributed by atoms with van der Waals surface area (Å²) in [6.45, 7) is 25.0. The average Bonchev–Trinajstić information content (AvgIpc) is 1.43. The van der Waals surface area contributed by atoms with Crippen molar-refractivity contribution in [2.45, 2.75) is 136 Å². The van der Waals surface area contributed by atoms with Gasteiger partial charge in [-0.2, -0.15) is 0 Å². The van der Waals surface area contributed by atoms with Gasteiger partial charge in [0.05, 0.1) is 47.7 Å². The Morgan fingerprint density at radius 2 is 0.660 bits per heavy atom. The first-order chi connectivity index (χ1) is 49.0. The van der Waals surface area contributed by atoms with Gasteiger partial charge in [-0.25, -0.2) is 4.79 Å². The van der Waals surface area contributed by atoms with Crippen LogP contribution in [0.15, 0.2) is 170 Å². The summed E-state index contributed by atoms with van der Waals surface area (Å²) in [7, 11) is 0. The third-order valence-corrected chi connectivity index (χ3v) is 19.7. The number of benzene rings is 11. The van der Waals surface area contributed by atoms with Gasteiger partial charge in [0.2, 0.25) is 0 Å². The first kappa shape index (κ1) is 67.9. The van der Waals surface area contributed by atoms with E-state index in [9.17, 15) is 9.59 Å². The van der Waals surface area contributed by atoms with Gasteiger partial charge < -0.3 is 37.9 Å². The Balaban J connectivity index is 1.01. The maximum absolute atomic E-state index is 15.9. The number of imide groups is 2. The number of esters is 2. The number of epoxide rings is 2. The highest BCUT2D eigenvalue weighted by atomic mass is 16.6. The molecule has 4 amide bonds. The first-order valence-electron chi connectivity index (χ1n) is 35.0. The molecule has 0 N–H and O–H groups in total. The number of carbonyl (C=O) groups is 6. The van der Waals surface area contributed by atoms with Crippen molar-refractivity contribution in [3.05, 3.63) is 231 Å². The molecule has 2 saturated heterocycles. The minimum absolute atomic E-state index is 0.000545. The number of hydrogen-bond acceptors (Lipinski definition) is 14. The van der Waals surface area contributed by atoms with E-state index in [1.54, 1.807) is 36.4 Å². The van der Waals surface area contributed by atoms with Crippen LogP contribution in [0.2, 0.25) is 0 Å². The van der Waals surface area contributed by atoms with Crippen molar-refractivity contribution in [3.63, 3.8) is 0 Å². The van der Waals surface area contributed by atoms with E-state index >= 15 is 19.2 Å². The van der Waals surface area contributed by atoms with Crippen LogP contribution in [0.1, 0.15) is 163 Å². The molecule has 4 aliphatic heterocycles. The largest absolute Gasteiger partial charge is 0.459 e. The van der Waals surface area contributed by atoms with E-state index in [1.807, 2.05) is 133 Å². The molecule has 0 radical (unpaired) electrons. The molecule has 4 heterocycles. The quantitative estimate of drug-likeness (QED) is 0.0186. The molecule has 2 fully saturated rings. The maximum Gasteiger partial charge on any atom is 0.331 e. The average molecular weight is 1380 g/mol. The molecule has 16 nitrogen and oxygen atoms in total. The molecule has 2 unspecified atom stereocenters. The molecule has 11 aromatic rings. The summed E-state index contributed by atoms with van der Waals surface area (Å²) in [5, 5.41) is 2.15. The summed E-state index contributed by atoms with van der Waals surface area (Å²) in [5.74, 6) is -2.90. The van der Waals surface area contributed by atoms with Crippen molar-refractivity contribution in [2.75, 3.05) is 26.3 Å². The molecule has 0 aliphatic carbocycles. The highest BCUT2D eigenvalue weighted by molar-refractivity contribution is 6.45. The van der Waals surface area contributed by atoms with Crippen LogP contribution in [0.3, 0.4) is 0 Å². The highest BCUT2D eigenvalue weighted by Gasteiger charge is 2.43. The summed E-state index contributed by atoms with van der Waals surface area (Å²) in [4.78, 5) is 94.0. The number of fused-ring (bicyclic) bond motifs is 2. The fraction of sp³-hybridized carbons (Fsp3) is 0.287. The third-order valence-electron chi connectivity index (χ3n) is 19.7. The van der Waals surface area contributed by atoms with E-state index in [1.165, 1.54) is 0 Å². The predicted octanol–water partition coefficient (Wildman–Crippen LogP) is 18.5. The Hall–Kier alpha value is -10.9. The number of amides is 4. The van der Waals surface area contributed by atoms with Gasteiger partial charge >= 0.3 is 11.9 Å². The Morgan fingerprint density at radius 1 is 0.359 bits per heavy atom. The minimum Gasteiger partial charge on any atom is -0.459 e. The summed E-state index contributed by atoms with van der Waals surface area (Å²) in [6.07, 6.45) is 1.70. The molecule has 4 aliphatic rings. The topological polar surface area (TPSA) is 189 Å². The summed E-state index contributed by atoms with van der Waals surface area (Å²) in [5.41, 5.74) is 5.81. The standard InChI is InChI=1S/C87H80N2O14/c1-84(2,3)51-18-28-55(29-19-51)99-66-39-62-72-63(81(93)88(80(62)92)43-70(90)98-45-50-15-13-14-49(36-50)38-61-47-97-61)40-67(100-56-30-20-52(21-31-56)85(4,5)6)75-77-69(102-58-34-24-54(25-35-58)87(10,11)12)42-65-73-64(82(94)89(83(65)95)44-71(91)103-59-26-16-48(17-27-59)37-60-46-96-60)41-68(76(79(73)77)74(66)78(72)75)101-57-32-22-53(23-33-57)86(7,8)9/h13-36,39-42,60-61H,37-38,43-47H2,1-12H3. The lowest BCUT2D eigenvalue weighted by atomic mass is 9.80. The first-order valence-corrected chi connectivity index (χ1v) is 35.0. The molecule has 103 heavy (non-hydrogen) atoms. The van der Waals surface area contributed by atoms with Crippen molar-refractivity contribution in [1.82, 2.24) is 9.80 Å². The van der Waals surface area contributed by atoms with Gasteiger partial charge in [-0.3, -0.25) is 33.8 Å². The van der Waals surface area contributed by atoms with E-state index in [4.69, 9.17) is 37.9 Å². The van der Waals surface area contributed by atoms with Crippen LogP contribution in [0.25, 0.3) is 43.1 Å². The van der Waals surface area contributed by atoms with E-state index < -0.39 is 48.7 Å². The minimum atomic E-state index is -0.872. The van der Waals surface area contributed by atoms with Crippen LogP contribution < -0.4 is 23.7 Å².